The molecule has 0 amide bonds. The van der Waals surface area contributed by atoms with Crippen molar-refractivity contribution in [2.24, 2.45) is 5.10 Å². The van der Waals surface area contributed by atoms with Crippen molar-refractivity contribution in [3.63, 3.8) is 0 Å². The number of hydrogen-bond acceptors (Lipinski definition) is 6. The van der Waals surface area contributed by atoms with Crippen LogP contribution in [0.5, 0.6) is 0 Å². The van der Waals surface area contributed by atoms with Crippen LogP contribution in [0.25, 0.3) is 11.3 Å². The molecule has 0 radical (unpaired) electrons. The maximum Gasteiger partial charge on any atom is 0.243 e. The Morgan fingerprint density at radius 3 is 2.66 bits per heavy atom. The van der Waals surface area contributed by atoms with Crippen LogP contribution in [0.4, 0.5) is 5.13 Å². The molecular weight excluding hydrogens is 428 g/mol. The number of thiazole rings is 1. The van der Waals surface area contributed by atoms with E-state index in [-0.39, 0.29) is 4.90 Å². The third-order valence-electron chi connectivity index (χ3n) is 4.20. The van der Waals surface area contributed by atoms with Gasteiger partial charge in [0.15, 0.2) is 0 Å². The van der Waals surface area contributed by atoms with Gasteiger partial charge in [0.25, 0.3) is 0 Å². The molecule has 2 aromatic carbocycles. The number of nitrogens with zero attached hydrogens (tertiary/aromatic N) is 3. The zero-order chi connectivity index (χ0) is 20.9. The molecule has 152 valence electrons. The molecule has 0 aliphatic carbocycles. The Bertz CT molecular complexity index is 1110. The minimum Gasteiger partial charge on any atom is -0.253 e. The van der Waals surface area contributed by atoms with E-state index in [0.29, 0.717) is 28.9 Å². The minimum atomic E-state index is -3.51. The molecule has 0 atom stereocenters. The van der Waals surface area contributed by atoms with Gasteiger partial charge in [0.1, 0.15) is 0 Å². The Morgan fingerprint density at radius 1 is 1.17 bits per heavy atom. The zero-order valence-electron chi connectivity index (χ0n) is 16.0. The summed E-state index contributed by atoms with van der Waals surface area (Å²) in [5.41, 5.74) is 5.19. The summed E-state index contributed by atoms with van der Waals surface area (Å²) in [4.78, 5) is 4.76. The summed E-state index contributed by atoms with van der Waals surface area (Å²) >= 11 is 7.35. The summed E-state index contributed by atoms with van der Waals surface area (Å²) in [6.07, 6.45) is 1.66. The normalized spacial score (nSPS) is 12.0. The topological polar surface area (TPSA) is 74.7 Å². The number of hydrogen-bond donors (Lipinski definition) is 1. The highest BCUT2D eigenvalue weighted by Crippen LogP contribution is 2.27. The van der Waals surface area contributed by atoms with Crippen LogP contribution in [0.1, 0.15) is 19.4 Å². The molecule has 29 heavy (non-hydrogen) atoms. The third kappa shape index (κ3) is 5.22. The molecular formula is C20H21ClN4O2S2. The predicted octanol–water partition coefficient (Wildman–Crippen LogP) is 4.94. The van der Waals surface area contributed by atoms with E-state index in [0.717, 1.165) is 11.1 Å². The number of benzene rings is 2. The van der Waals surface area contributed by atoms with Crippen LogP contribution in [0.15, 0.2) is 63.9 Å². The van der Waals surface area contributed by atoms with E-state index in [9.17, 15) is 8.42 Å². The van der Waals surface area contributed by atoms with E-state index >= 15 is 0 Å². The second-order valence-electron chi connectivity index (χ2n) is 6.08. The molecule has 0 aliphatic rings. The predicted molar refractivity (Wildman–Crippen MR) is 120 cm³/mol. The van der Waals surface area contributed by atoms with Gasteiger partial charge in [-0.05, 0) is 29.8 Å². The first-order valence-electron chi connectivity index (χ1n) is 9.04. The average Bonchev–Trinajstić information content (AvgIpc) is 3.18. The summed E-state index contributed by atoms with van der Waals surface area (Å²) < 4.78 is 26.9. The maximum absolute atomic E-state index is 12.8. The molecule has 3 aromatic rings. The van der Waals surface area contributed by atoms with Gasteiger partial charge in [-0.3, -0.25) is 5.43 Å². The number of nitrogens with one attached hydrogen (secondary N) is 1. The molecule has 6 nitrogen and oxygen atoms in total. The van der Waals surface area contributed by atoms with Crippen LogP contribution in [-0.4, -0.2) is 37.0 Å². The van der Waals surface area contributed by atoms with E-state index in [1.54, 1.807) is 30.5 Å². The lowest BCUT2D eigenvalue weighted by Gasteiger charge is -2.18. The number of hydrazone groups is 1. The fraction of sp³-hybridized carbons (Fsp3) is 0.200. The first kappa shape index (κ1) is 21.4. The summed E-state index contributed by atoms with van der Waals surface area (Å²) in [5.74, 6) is 0. The molecule has 0 fully saturated rings. The van der Waals surface area contributed by atoms with Gasteiger partial charge in [0, 0.05) is 29.1 Å². The minimum absolute atomic E-state index is 0.264. The van der Waals surface area contributed by atoms with Crippen LogP contribution >= 0.6 is 22.9 Å². The molecule has 0 aliphatic heterocycles. The van der Waals surface area contributed by atoms with Gasteiger partial charge >= 0.3 is 0 Å². The van der Waals surface area contributed by atoms with Gasteiger partial charge in [-0.15, -0.1) is 11.3 Å². The molecule has 0 saturated heterocycles. The average molecular weight is 449 g/mol. The summed E-state index contributed by atoms with van der Waals surface area (Å²) in [6.45, 7) is 4.51. The third-order valence-corrected chi connectivity index (χ3v) is 7.23. The Kier molecular flexibility index (Phi) is 7.02. The van der Waals surface area contributed by atoms with E-state index < -0.39 is 10.0 Å². The van der Waals surface area contributed by atoms with Gasteiger partial charge < -0.3 is 0 Å². The standard InChI is InChI=1S/C20H21ClN4O2S2/c1-3-25(4-2)29(26,27)18-10-6-8-16(12-18)19-14-28-20(23-19)24-22-13-15-7-5-9-17(21)11-15/h5-14H,3-4H2,1-2H3,(H,23,24). The van der Waals surface area contributed by atoms with E-state index in [1.807, 2.05) is 43.5 Å². The molecule has 9 heteroatoms. The van der Waals surface area contributed by atoms with Crippen LogP contribution in [0.3, 0.4) is 0 Å². The Labute approximate surface area is 179 Å². The Hall–Kier alpha value is -2.26. The number of anilines is 1. The van der Waals surface area contributed by atoms with Crippen LogP contribution in [0, 0.1) is 0 Å². The molecule has 1 N–H and O–H groups in total. The van der Waals surface area contributed by atoms with Crippen molar-refractivity contribution in [2.75, 3.05) is 18.5 Å². The van der Waals surface area contributed by atoms with Gasteiger partial charge in [-0.2, -0.15) is 9.41 Å². The second-order valence-corrected chi connectivity index (χ2v) is 9.31. The first-order chi connectivity index (χ1) is 13.9. The van der Waals surface area contributed by atoms with E-state index in [4.69, 9.17) is 11.6 Å². The fourth-order valence-corrected chi connectivity index (χ4v) is 5.11. The van der Waals surface area contributed by atoms with Crippen molar-refractivity contribution >= 4 is 44.3 Å². The van der Waals surface area contributed by atoms with Crippen LogP contribution in [-0.2, 0) is 10.0 Å². The molecule has 0 bridgehead atoms. The smallest absolute Gasteiger partial charge is 0.243 e. The molecule has 0 saturated carbocycles. The largest absolute Gasteiger partial charge is 0.253 e. The second kappa shape index (κ2) is 9.49. The van der Waals surface area contributed by atoms with Crippen molar-refractivity contribution in [1.29, 1.82) is 0 Å². The SMILES string of the molecule is CCN(CC)S(=O)(=O)c1cccc(-c2csc(NN=Cc3cccc(Cl)c3)n2)c1. The molecule has 3 rings (SSSR count). The summed E-state index contributed by atoms with van der Waals surface area (Å²) in [6, 6.07) is 14.2. The summed E-state index contributed by atoms with van der Waals surface area (Å²) in [7, 11) is -3.51. The highest BCUT2D eigenvalue weighted by Gasteiger charge is 2.22. The first-order valence-corrected chi connectivity index (χ1v) is 11.7. The molecule has 1 aromatic heterocycles. The van der Waals surface area contributed by atoms with Gasteiger partial charge in [0.2, 0.25) is 15.2 Å². The molecule has 1 heterocycles. The van der Waals surface area contributed by atoms with E-state index in [1.165, 1.54) is 15.6 Å². The molecule has 0 unspecified atom stereocenters. The maximum atomic E-state index is 12.8. The lowest BCUT2D eigenvalue weighted by Crippen LogP contribution is -2.30. The highest BCUT2D eigenvalue weighted by molar-refractivity contribution is 7.89. The van der Waals surface area contributed by atoms with Gasteiger partial charge in [-0.1, -0.05) is 49.7 Å². The number of rotatable bonds is 8. The van der Waals surface area contributed by atoms with E-state index in [2.05, 4.69) is 15.5 Å². The van der Waals surface area contributed by atoms with Crippen molar-refractivity contribution in [2.45, 2.75) is 18.7 Å². The van der Waals surface area contributed by atoms with Gasteiger partial charge in [0.05, 0.1) is 16.8 Å². The lowest BCUT2D eigenvalue weighted by atomic mass is 10.2. The van der Waals surface area contributed by atoms with Crippen molar-refractivity contribution in [3.05, 3.63) is 64.5 Å². The Morgan fingerprint density at radius 2 is 1.93 bits per heavy atom. The molecule has 0 spiro atoms. The quantitative estimate of drug-likeness (QED) is 0.391. The number of aromatic nitrogens is 1. The monoisotopic (exact) mass is 448 g/mol. The number of sulfonamides is 1. The highest BCUT2D eigenvalue weighted by atomic mass is 35.5. The summed E-state index contributed by atoms with van der Waals surface area (Å²) in [5, 5.41) is 7.29. The fourth-order valence-electron chi connectivity index (χ4n) is 2.74. The Balaban J connectivity index is 1.77. The van der Waals surface area contributed by atoms with Crippen molar-refractivity contribution in [3.8, 4) is 11.3 Å². The lowest BCUT2D eigenvalue weighted by molar-refractivity contribution is 0.445. The number of halogens is 1. The van der Waals surface area contributed by atoms with Crippen molar-refractivity contribution < 1.29 is 8.42 Å². The van der Waals surface area contributed by atoms with Gasteiger partial charge in [-0.25, -0.2) is 13.4 Å². The van der Waals surface area contributed by atoms with Crippen molar-refractivity contribution in [1.82, 2.24) is 9.29 Å². The zero-order valence-corrected chi connectivity index (χ0v) is 18.4. The van der Waals surface area contributed by atoms with Crippen LogP contribution in [0.2, 0.25) is 5.02 Å². The van der Waals surface area contributed by atoms with Crippen LogP contribution < -0.4 is 5.43 Å².